The van der Waals surface area contributed by atoms with E-state index in [9.17, 15) is 26.3 Å². The largest absolute Gasteiger partial charge is 0.491 e. The maximum Gasteiger partial charge on any atom is 0.180 e. The molecule has 192 valence electrons. The van der Waals surface area contributed by atoms with Crippen LogP contribution in [0.15, 0.2) is 36.4 Å². The zero-order valence-electron chi connectivity index (χ0n) is 20.2. The molecule has 8 heteroatoms. The summed E-state index contributed by atoms with van der Waals surface area (Å²) in [5.74, 6) is -2.89. The smallest absolute Gasteiger partial charge is 0.180 e. The lowest BCUT2D eigenvalue weighted by atomic mass is 10.00. The Bertz CT molecular complexity index is 1380. The summed E-state index contributed by atoms with van der Waals surface area (Å²) in [4.78, 5) is 0. The van der Waals surface area contributed by atoms with Crippen LogP contribution in [0.5, 0.6) is 5.75 Å². The molecule has 0 radical (unpaired) electrons. The number of hydrogen-bond acceptors (Lipinski definition) is 2. The van der Waals surface area contributed by atoms with Crippen LogP contribution < -0.4 is 4.74 Å². The Hall–Kier alpha value is -3.91. The number of ether oxygens (including phenoxy) is 1. The van der Waals surface area contributed by atoms with Crippen LogP contribution in [0, 0.1) is 58.1 Å². The highest BCUT2D eigenvalue weighted by atomic mass is 19.2. The summed E-state index contributed by atoms with van der Waals surface area (Å²) in [5.41, 5.74) is -2.89. The molecule has 0 amide bonds. The quantitative estimate of drug-likeness (QED) is 0.131. The predicted octanol–water partition coefficient (Wildman–Crippen LogP) is 8.20. The molecular weight excluding hydrogens is 492 g/mol. The molecule has 0 unspecified atom stereocenters. The Morgan fingerprint density at radius 1 is 0.757 bits per heavy atom. The molecule has 3 aromatic rings. The van der Waals surface area contributed by atoms with E-state index in [1.54, 1.807) is 0 Å². The van der Waals surface area contributed by atoms with Crippen LogP contribution in [0.1, 0.15) is 62.6 Å². The maximum atomic E-state index is 14.6. The van der Waals surface area contributed by atoms with Gasteiger partial charge in [-0.15, -0.1) is 0 Å². The zero-order chi connectivity index (χ0) is 27.1. The van der Waals surface area contributed by atoms with Gasteiger partial charge in [0.05, 0.1) is 11.7 Å². The highest BCUT2D eigenvalue weighted by Crippen LogP contribution is 2.30. The van der Waals surface area contributed by atoms with Crippen molar-refractivity contribution >= 4 is 0 Å². The average molecular weight is 515 g/mol. The van der Waals surface area contributed by atoms with Gasteiger partial charge in [-0.1, -0.05) is 44.1 Å². The van der Waals surface area contributed by atoms with Crippen molar-refractivity contribution in [2.45, 2.75) is 52.1 Å². The number of unbranched alkanes of at least 4 members (excludes halogenated alkanes) is 3. The van der Waals surface area contributed by atoms with Crippen molar-refractivity contribution in [3.8, 4) is 34.8 Å². The molecule has 1 atom stereocenters. The number of rotatable bonds is 8. The second-order valence-electron chi connectivity index (χ2n) is 8.51. The SMILES string of the molecule is CCCCCC[C@H](C)Oc1cc(F)c(C#Cc2ccc(-c3cc(F)c(C#N)c(F)c3F)c(F)c2)c(F)c1. The fourth-order valence-electron chi connectivity index (χ4n) is 3.73. The molecule has 0 aliphatic heterocycles. The van der Waals surface area contributed by atoms with E-state index in [1.807, 2.05) is 6.92 Å². The van der Waals surface area contributed by atoms with Gasteiger partial charge < -0.3 is 4.74 Å². The maximum absolute atomic E-state index is 14.6. The first-order valence-corrected chi connectivity index (χ1v) is 11.7. The van der Waals surface area contributed by atoms with Crippen molar-refractivity contribution in [1.29, 1.82) is 5.26 Å². The van der Waals surface area contributed by atoms with E-state index in [0.29, 0.717) is 6.07 Å². The molecule has 0 aromatic heterocycles. The van der Waals surface area contributed by atoms with Crippen molar-refractivity contribution in [2.75, 3.05) is 0 Å². The third kappa shape index (κ3) is 6.65. The molecule has 37 heavy (non-hydrogen) atoms. The number of benzene rings is 3. The molecule has 0 saturated heterocycles. The second-order valence-corrected chi connectivity index (χ2v) is 8.51. The second kappa shape index (κ2) is 12.4. The highest BCUT2D eigenvalue weighted by molar-refractivity contribution is 5.67. The van der Waals surface area contributed by atoms with Gasteiger partial charge in [-0.25, -0.2) is 26.3 Å². The molecular formula is C29H23F6NO. The summed E-state index contributed by atoms with van der Waals surface area (Å²) in [7, 11) is 0. The van der Waals surface area contributed by atoms with E-state index in [2.05, 4.69) is 18.8 Å². The van der Waals surface area contributed by atoms with Gasteiger partial charge in [-0.3, -0.25) is 0 Å². The Balaban J connectivity index is 1.81. The minimum Gasteiger partial charge on any atom is -0.491 e. The summed E-state index contributed by atoms with van der Waals surface area (Å²) < 4.78 is 91.4. The van der Waals surface area contributed by atoms with Gasteiger partial charge in [0.25, 0.3) is 0 Å². The monoisotopic (exact) mass is 515 g/mol. The van der Waals surface area contributed by atoms with Crippen LogP contribution in [0.25, 0.3) is 11.1 Å². The van der Waals surface area contributed by atoms with Crippen LogP contribution in [0.2, 0.25) is 0 Å². The molecule has 0 spiro atoms. The van der Waals surface area contributed by atoms with Crippen molar-refractivity contribution in [1.82, 2.24) is 0 Å². The molecule has 0 bridgehead atoms. The van der Waals surface area contributed by atoms with E-state index >= 15 is 0 Å². The van der Waals surface area contributed by atoms with Gasteiger partial charge in [0.2, 0.25) is 0 Å². The van der Waals surface area contributed by atoms with Gasteiger partial charge in [0.15, 0.2) is 11.6 Å². The third-order valence-electron chi connectivity index (χ3n) is 5.68. The molecule has 0 heterocycles. The lowest BCUT2D eigenvalue weighted by Gasteiger charge is -2.15. The van der Waals surface area contributed by atoms with Crippen molar-refractivity contribution in [3.63, 3.8) is 0 Å². The van der Waals surface area contributed by atoms with Crippen LogP contribution in [-0.4, -0.2) is 6.10 Å². The molecule has 0 N–H and O–H groups in total. The Morgan fingerprint density at radius 3 is 2.05 bits per heavy atom. The number of nitriles is 1. The Labute approximate surface area is 211 Å². The Morgan fingerprint density at radius 2 is 1.43 bits per heavy atom. The first kappa shape index (κ1) is 27.7. The first-order chi connectivity index (χ1) is 17.7. The minimum absolute atomic E-state index is 0.0175. The van der Waals surface area contributed by atoms with E-state index in [0.717, 1.165) is 56.4 Å². The summed E-state index contributed by atoms with van der Waals surface area (Å²) in [6.07, 6.45) is 4.73. The number of nitrogens with zero attached hydrogens (tertiary/aromatic N) is 1. The number of hydrogen-bond donors (Lipinski definition) is 0. The van der Waals surface area contributed by atoms with Crippen LogP contribution >= 0.6 is 0 Å². The van der Waals surface area contributed by atoms with Crippen LogP contribution in [0.3, 0.4) is 0 Å². The van der Waals surface area contributed by atoms with Crippen LogP contribution in [-0.2, 0) is 0 Å². The molecule has 2 nitrogen and oxygen atoms in total. The fourth-order valence-corrected chi connectivity index (χ4v) is 3.73. The van der Waals surface area contributed by atoms with Gasteiger partial charge in [-0.2, -0.15) is 5.26 Å². The minimum atomic E-state index is -1.73. The fraction of sp³-hybridized carbons (Fsp3) is 0.276. The van der Waals surface area contributed by atoms with E-state index in [-0.39, 0.29) is 17.4 Å². The predicted molar refractivity (Wildman–Crippen MR) is 128 cm³/mol. The first-order valence-electron chi connectivity index (χ1n) is 11.7. The average Bonchev–Trinajstić information content (AvgIpc) is 2.84. The summed E-state index contributed by atoms with van der Waals surface area (Å²) in [6, 6.07) is 6.82. The van der Waals surface area contributed by atoms with Gasteiger partial charge in [0.1, 0.15) is 40.7 Å². The summed E-state index contributed by atoms with van der Waals surface area (Å²) in [5, 5.41) is 8.72. The summed E-state index contributed by atoms with van der Waals surface area (Å²) >= 11 is 0. The molecule has 3 aromatic carbocycles. The van der Waals surface area contributed by atoms with Crippen LogP contribution in [0.4, 0.5) is 26.3 Å². The normalized spacial score (nSPS) is 11.4. The lowest BCUT2D eigenvalue weighted by molar-refractivity contribution is 0.204. The zero-order valence-corrected chi connectivity index (χ0v) is 20.2. The topological polar surface area (TPSA) is 33.0 Å². The van der Waals surface area contributed by atoms with Gasteiger partial charge in [-0.05, 0) is 38.0 Å². The third-order valence-corrected chi connectivity index (χ3v) is 5.68. The van der Waals surface area contributed by atoms with Gasteiger partial charge in [0, 0.05) is 28.8 Å². The van der Waals surface area contributed by atoms with E-state index in [4.69, 9.17) is 10.00 Å². The molecule has 0 aliphatic carbocycles. The Kier molecular flexibility index (Phi) is 9.25. The number of halogens is 6. The molecule has 0 saturated carbocycles. The van der Waals surface area contributed by atoms with Crippen molar-refractivity contribution < 1.29 is 31.1 Å². The van der Waals surface area contributed by atoms with E-state index < -0.39 is 57.2 Å². The highest BCUT2D eigenvalue weighted by Gasteiger charge is 2.21. The van der Waals surface area contributed by atoms with Crippen molar-refractivity contribution in [3.05, 3.63) is 88.0 Å². The lowest BCUT2D eigenvalue weighted by Crippen LogP contribution is -2.12. The van der Waals surface area contributed by atoms with Gasteiger partial charge >= 0.3 is 0 Å². The molecule has 3 rings (SSSR count). The molecule has 0 fully saturated rings. The standard InChI is InChI=1S/C29H23F6NO/c1-3-4-5-6-7-17(2)37-19-13-25(31)21(26(32)14-19)11-9-18-8-10-20(24(30)12-18)22-15-27(33)23(16-36)29(35)28(22)34/h8,10,12-15,17H,3-7H2,1-2H3/t17-/m0/s1. The molecule has 0 aliphatic rings. The summed E-state index contributed by atoms with van der Waals surface area (Å²) in [6.45, 7) is 3.92. The van der Waals surface area contributed by atoms with Crippen molar-refractivity contribution in [2.24, 2.45) is 0 Å². The van der Waals surface area contributed by atoms with E-state index in [1.165, 1.54) is 12.1 Å².